The Morgan fingerprint density at radius 1 is 1.19 bits per heavy atom. The van der Waals surface area contributed by atoms with Gasteiger partial charge in [0.05, 0.1) is 14.2 Å². The van der Waals surface area contributed by atoms with Crippen LogP contribution >= 0.6 is 11.8 Å². The van der Waals surface area contributed by atoms with Crippen molar-refractivity contribution in [3.63, 3.8) is 0 Å². The summed E-state index contributed by atoms with van der Waals surface area (Å²) in [5, 5.41) is 8.98. The van der Waals surface area contributed by atoms with Gasteiger partial charge in [0.25, 0.3) is 0 Å². The van der Waals surface area contributed by atoms with E-state index in [1.54, 1.807) is 37.6 Å². The van der Waals surface area contributed by atoms with Crippen molar-refractivity contribution in [3.05, 3.63) is 40.2 Å². The lowest BCUT2D eigenvalue weighted by molar-refractivity contribution is 0.355. The van der Waals surface area contributed by atoms with Crippen LogP contribution in [0.4, 0.5) is 0 Å². The molecule has 1 aromatic heterocycles. The number of nitrogens with zero attached hydrogens (tertiary/aromatic N) is 1. The summed E-state index contributed by atoms with van der Waals surface area (Å²) in [6.45, 7) is 0. The Balaban J connectivity index is 2.60. The molecule has 0 amide bonds. The predicted octanol–water partition coefficient (Wildman–Crippen LogP) is 2.92. The van der Waals surface area contributed by atoms with Gasteiger partial charge in [-0.1, -0.05) is 0 Å². The second-order valence-electron chi connectivity index (χ2n) is 4.02. The van der Waals surface area contributed by atoms with Gasteiger partial charge in [-0.15, -0.1) is 11.8 Å². The summed E-state index contributed by atoms with van der Waals surface area (Å²) in [6, 6.07) is 8.74. The molecule has 0 saturated carbocycles. The summed E-state index contributed by atoms with van der Waals surface area (Å²) in [4.78, 5) is 12.4. The zero-order valence-corrected chi connectivity index (χ0v) is 12.6. The minimum absolute atomic E-state index is 0.0201. The van der Waals surface area contributed by atoms with Gasteiger partial charge in [0.1, 0.15) is 11.8 Å². The van der Waals surface area contributed by atoms with Crippen molar-refractivity contribution in [2.45, 2.75) is 4.90 Å². The number of methoxy groups -OCH3 is 2. The molecule has 21 heavy (non-hydrogen) atoms. The van der Waals surface area contributed by atoms with Gasteiger partial charge in [-0.2, -0.15) is 5.26 Å². The van der Waals surface area contributed by atoms with Gasteiger partial charge in [0.15, 0.2) is 17.1 Å². The number of hydrogen-bond donors (Lipinski definition) is 0. The van der Waals surface area contributed by atoms with Crippen LogP contribution < -0.4 is 15.1 Å². The highest BCUT2D eigenvalue weighted by molar-refractivity contribution is 7.98. The summed E-state index contributed by atoms with van der Waals surface area (Å²) < 4.78 is 15.6. The molecular formula is C15H13NO4S. The fourth-order valence-corrected chi connectivity index (χ4v) is 2.42. The molecule has 0 saturated heterocycles. The number of hydrogen-bond acceptors (Lipinski definition) is 6. The van der Waals surface area contributed by atoms with Gasteiger partial charge in [-0.25, -0.2) is 4.79 Å². The molecule has 1 heterocycles. The summed E-state index contributed by atoms with van der Waals surface area (Å²) in [6.07, 6.45) is 1.80. The molecule has 6 heteroatoms. The van der Waals surface area contributed by atoms with Crippen LogP contribution in [0.1, 0.15) is 5.56 Å². The van der Waals surface area contributed by atoms with Crippen molar-refractivity contribution >= 4 is 11.8 Å². The first-order valence-corrected chi connectivity index (χ1v) is 7.21. The molecule has 0 N–H and O–H groups in total. The van der Waals surface area contributed by atoms with E-state index in [9.17, 15) is 4.79 Å². The van der Waals surface area contributed by atoms with Crippen LogP contribution in [0.25, 0.3) is 11.3 Å². The van der Waals surface area contributed by atoms with Crippen LogP contribution in [0.5, 0.6) is 11.5 Å². The van der Waals surface area contributed by atoms with E-state index in [1.165, 1.54) is 18.9 Å². The minimum atomic E-state index is -0.644. The van der Waals surface area contributed by atoms with E-state index < -0.39 is 5.63 Å². The van der Waals surface area contributed by atoms with Gasteiger partial charge in [-0.3, -0.25) is 0 Å². The molecular weight excluding hydrogens is 290 g/mol. The van der Waals surface area contributed by atoms with Gasteiger partial charge >= 0.3 is 5.63 Å². The van der Waals surface area contributed by atoms with E-state index in [4.69, 9.17) is 19.2 Å². The van der Waals surface area contributed by atoms with E-state index in [-0.39, 0.29) is 5.56 Å². The average Bonchev–Trinajstić information content (AvgIpc) is 2.53. The third-order valence-corrected chi connectivity index (χ3v) is 3.68. The molecule has 2 aromatic rings. The molecule has 0 spiro atoms. The monoisotopic (exact) mass is 303 g/mol. The van der Waals surface area contributed by atoms with Crippen molar-refractivity contribution in [1.82, 2.24) is 0 Å². The number of thioether (sulfide) groups is 1. The van der Waals surface area contributed by atoms with Crippen LogP contribution in [0.15, 0.2) is 38.4 Å². The van der Waals surface area contributed by atoms with Crippen molar-refractivity contribution in [2.75, 3.05) is 20.5 Å². The van der Waals surface area contributed by atoms with Crippen LogP contribution in [0, 0.1) is 11.3 Å². The molecule has 5 nitrogen and oxygen atoms in total. The molecule has 0 fully saturated rings. The van der Waals surface area contributed by atoms with Crippen molar-refractivity contribution in [3.8, 4) is 28.9 Å². The van der Waals surface area contributed by atoms with Gasteiger partial charge in [0.2, 0.25) is 0 Å². The normalized spacial score (nSPS) is 10.0. The third-order valence-electron chi connectivity index (χ3n) is 2.92. The number of nitriles is 1. The number of benzene rings is 1. The highest BCUT2D eigenvalue weighted by Crippen LogP contribution is 2.33. The summed E-state index contributed by atoms with van der Waals surface area (Å²) in [5.41, 5.74) is 0.0467. The lowest BCUT2D eigenvalue weighted by Gasteiger charge is -2.09. The zero-order valence-electron chi connectivity index (χ0n) is 11.8. The maximum Gasteiger partial charge on any atom is 0.355 e. The number of rotatable bonds is 4. The third kappa shape index (κ3) is 2.88. The SMILES string of the molecule is COc1ccc(-c2cc(SC)c(C#N)c(=O)o2)cc1OC. The Morgan fingerprint density at radius 3 is 2.48 bits per heavy atom. The first kappa shape index (κ1) is 15.0. The van der Waals surface area contributed by atoms with Crippen molar-refractivity contribution in [2.24, 2.45) is 0 Å². The van der Waals surface area contributed by atoms with Crippen molar-refractivity contribution in [1.29, 1.82) is 5.26 Å². The van der Waals surface area contributed by atoms with Crippen LogP contribution in [-0.2, 0) is 0 Å². The fourth-order valence-electron chi connectivity index (χ4n) is 1.87. The van der Waals surface area contributed by atoms with Crippen LogP contribution in [-0.4, -0.2) is 20.5 Å². The van der Waals surface area contributed by atoms with E-state index >= 15 is 0 Å². The van der Waals surface area contributed by atoms with Crippen LogP contribution in [0.2, 0.25) is 0 Å². The Morgan fingerprint density at radius 2 is 1.90 bits per heavy atom. The van der Waals surface area contributed by atoms with E-state index in [1.807, 2.05) is 6.07 Å². The average molecular weight is 303 g/mol. The largest absolute Gasteiger partial charge is 0.493 e. The lowest BCUT2D eigenvalue weighted by Crippen LogP contribution is -2.06. The van der Waals surface area contributed by atoms with Gasteiger partial charge in [-0.05, 0) is 30.5 Å². The second-order valence-corrected chi connectivity index (χ2v) is 4.87. The maximum atomic E-state index is 11.8. The molecule has 2 rings (SSSR count). The van der Waals surface area contributed by atoms with E-state index in [0.29, 0.717) is 27.7 Å². The molecule has 1 aromatic carbocycles. The first-order chi connectivity index (χ1) is 10.1. The summed E-state index contributed by atoms with van der Waals surface area (Å²) >= 11 is 1.32. The fraction of sp³-hybridized carbons (Fsp3) is 0.200. The molecule has 108 valence electrons. The first-order valence-electron chi connectivity index (χ1n) is 5.99. The predicted molar refractivity (Wildman–Crippen MR) is 80.0 cm³/mol. The highest BCUT2D eigenvalue weighted by Gasteiger charge is 2.14. The Labute approximate surface area is 126 Å². The van der Waals surface area contributed by atoms with Crippen molar-refractivity contribution < 1.29 is 13.9 Å². The zero-order chi connectivity index (χ0) is 15.4. The van der Waals surface area contributed by atoms with E-state index in [0.717, 1.165) is 0 Å². The maximum absolute atomic E-state index is 11.8. The van der Waals surface area contributed by atoms with Gasteiger partial charge in [0, 0.05) is 10.5 Å². The molecule has 0 aliphatic carbocycles. The topological polar surface area (TPSA) is 72.5 Å². The smallest absolute Gasteiger partial charge is 0.355 e. The highest BCUT2D eigenvalue weighted by atomic mass is 32.2. The molecule has 0 aliphatic rings. The molecule has 0 aliphatic heterocycles. The lowest BCUT2D eigenvalue weighted by atomic mass is 10.1. The Kier molecular flexibility index (Phi) is 4.55. The Bertz CT molecular complexity index is 761. The molecule has 0 bridgehead atoms. The summed E-state index contributed by atoms with van der Waals surface area (Å²) in [7, 11) is 3.08. The Hall–Kier alpha value is -2.39. The second kappa shape index (κ2) is 6.37. The summed E-state index contributed by atoms with van der Waals surface area (Å²) in [5.74, 6) is 1.50. The quantitative estimate of drug-likeness (QED) is 0.809. The molecule has 0 unspecified atom stereocenters. The number of ether oxygens (including phenoxy) is 2. The molecule has 0 radical (unpaired) electrons. The van der Waals surface area contributed by atoms with E-state index in [2.05, 4.69) is 0 Å². The van der Waals surface area contributed by atoms with Gasteiger partial charge < -0.3 is 13.9 Å². The minimum Gasteiger partial charge on any atom is -0.493 e. The standard InChI is InChI=1S/C15H13NO4S/c1-18-11-5-4-9(6-13(11)19-2)12-7-14(21-3)10(8-16)15(17)20-12/h4-7H,1-3H3. The van der Waals surface area contributed by atoms with Crippen LogP contribution in [0.3, 0.4) is 0 Å². The molecule has 0 atom stereocenters.